The Labute approximate surface area is 126 Å². The number of hydrogen-bond donors (Lipinski definition) is 1. The molecule has 114 valence electrons. The van der Waals surface area contributed by atoms with E-state index >= 15 is 0 Å². The van der Waals surface area contributed by atoms with E-state index in [9.17, 15) is 9.18 Å². The van der Waals surface area contributed by atoms with Gasteiger partial charge in [-0.05, 0) is 31.2 Å². The van der Waals surface area contributed by atoms with Crippen molar-refractivity contribution in [1.29, 1.82) is 0 Å². The molecule has 0 radical (unpaired) electrons. The maximum Gasteiger partial charge on any atom is 0.265 e. The first-order chi connectivity index (χ1) is 10.6. The number of fused-ring (bicyclic) bond motifs is 1. The molecule has 2 aromatic carbocycles. The minimum absolute atomic E-state index is 0.119. The number of halogens is 1. The van der Waals surface area contributed by atoms with Crippen molar-refractivity contribution >= 4 is 11.6 Å². The lowest BCUT2D eigenvalue weighted by Gasteiger charge is -2.15. The monoisotopic (exact) mass is 303 g/mol. The largest absolute Gasteiger partial charge is 0.481 e. The number of carbonyl (C=O) groups is 1. The number of nitrogens with one attached hydrogen (secondary N) is 1. The molecule has 1 heterocycles. The van der Waals surface area contributed by atoms with Crippen molar-refractivity contribution in [3.8, 4) is 17.2 Å². The third-order valence-corrected chi connectivity index (χ3v) is 3.16. The van der Waals surface area contributed by atoms with Crippen LogP contribution in [0.15, 0.2) is 42.5 Å². The van der Waals surface area contributed by atoms with Gasteiger partial charge in [-0.1, -0.05) is 12.1 Å². The highest BCUT2D eigenvalue weighted by Gasteiger charge is 2.19. The van der Waals surface area contributed by atoms with Gasteiger partial charge in [0.05, 0.1) is 5.69 Å². The minimum Gasteiger partial charge on any atom is -0.481 e. The van der Waals surface area contributed by atoms with Gasteiger partial charge in [0, 0.05) is 6.07 Å². The van der Waals surface area contributed by atoms with Crippen LogP contribution in [0.5, 0.6) is 17.2 Å². The van der Waals surface area contributed by atoms with E-state index in [1.165, 1.54) is 12.1 Å². The predicted molar refractivity (Wildman–Crippen MR) is 77.7 cm³/mol. The van der Waals surface area contributed by atoms with Crippen molar-refractivity contribution in [2.45, 2.75) is 13.0 Å². The highest BCUT2D eigenvalue weighted by Crippen LogP contribution is 2.35. The Kier molecular flexibility index (Phi) is 3.82. The smallest absolute Gasteiger partial charge is 0.265 e. The van der Waals surface area contributed by atoms with Crippen LogP contribution in [-0.2, 0) is 4.79 Å². The highest BCUT2D eigenvalue weighted by molar-refractivity contribution is 5.94. The van der Waals surface area contributed by atoms with Gasteiger partial charge < -0.3 is 19.5 Å². The van der Waals surface area contributed by atoms with Crippen molar-refractivity contribution in [3.63, 3.8) is 0 Å². The van der Waals surface area contributed by atoms with Gasteiger partial charge in [-0.3, -0.25) is 4.79 Å². The van der Waals surface area contributed by atoms with E-state index in [-0.39, 0.29) is 12.5 Å². The topological polar surface area (TPSA) is 56.8 Å². The van der Waals surface area contributed by atoms with E-state index in [2.05, 4.69) is 5.32 Å². The van der Waals surface area contributed by atoms with Crippen molar-refractivity contribution in [2.75, 3.05) is 12.1 Å². The summed E-state index contributed by atoms with van der Waals surface area (Å²) in [4.78, 5) is 12.0. The Hall–Kier alpha value is -2.76. The quantitative estimate of drug-likeness (QED) is 0.943. The summed E-state index contributed by atoms with van der Waals surface area (Å²) in [6, 6.07) is 11.0. The molecule has 1 aliphatic rings. The van der Waals surface area contributed by atoms with Crippen LogP contribution in [0.3, 0.4) is 0 Å². The first-order valence-electron chi connectivity index (χ1n) is 6.75. The van der Waals surface area contributed by atoms with Crippen LogP contribution in [-0.4, -0.2) is 18.8 Å². The molecule has 0 saturated heterocycles. The number of rotatable bonds is 4. The van der Waals surface area contributed by atoms with Crippen LogP contribution in [0.1, 0.15) is 6.92 Å². The number of hydrogen-bond acceptors (Lipinski definition) is 4. The molecule has 0 spiro atoms. The lowest BCUT2D eigenvalue weighted by molar-refractivity contribution is -0.122. The van der Waals surface area contributed by atoms with Crippen molar-refractivity contribution < 1.29 is 23.4 Å². The molecule has 3 rings (SSSR count). The summed E-state index contributed by atoms with van der Waals surface area (Å²) in [7, 11) is 0. The highest BCUT2D eigenvalue weighted by atomic mass is 19.1. The Balaban J connectivity index is 1.65. The third-order valence-electron chi connectivity index (χ3n) is 3.16. The fraction of sp³-hybridized carbons (Fsp3) is 0.188. The van der Waals surface area contributed by atoms with Gasteiger partial charge in [-0.2, -0.15) is 0 Å². The molecule has 0 bridgehead atoms. The van der Waals surface area contributed by atoms with Crippen LogP contribution >= 0.6 is 0 Å². The molecule has 0 saturated carbocycles. The Morgan fingerprint density at radius 1 is 1.23 bits per heavy atom. The molecule has 2 aromatic rings. The van der Waals surface area contributed by atoms with Crippen LogP contribution < -0.4 is 19.5 Å². The summed E-state index contributed by atoms with van der Waals surface area (Å²) in [6.45, 7) is 1.75. The van der Waals surface area contributed by atoms with E-state index < -0.39 is 17.8 Å². The molecule has 22 heavy (non-hydrogen) atoms. The maximum absolute atomic E-state index is 13.5. The Morgan fingerprint density at radius 3 is 2.82 bits per heavy atom. The summed E-state index contributed by atoms with van der Waals surface area (Å²) < 4.78 is 29.5. The van der Waals surface area contributed by atoms with Crippen molar-refractivity contribution in [1.82, 2.24) is 0 Å². The fourth-order valence-corrected chi connectivity index (χ4v) is 2.00. The van der Waals surface area contributed by atoms with Gasteiger partial charge in [-0.15, -0.1) is 0 Å². The number of ether oxygens (including phenoxy) is 3. The molecular weight excluding hydrogens is 289 g/mol. The average molecular weight is 303 g/mol. The molecule has 0 fully saturated rings. The average Bonchev–Trinajstić information content (AvgIpc) is 2.97. The first kappa shape index (κ1) is 14.2. The zero-order valence-electron chi connectivity index (χ0n) is 11.8. The number of amides is 1. The lowest BCUT2D eigenvalue weighted by Crippen LogP contribution is -2.30. The van der Waals surface area contributed by atoms with Gasteiger partial charge in [0.25, 0.3) is 5.91 Å². The second-order valence-electron chi connectivity index (χ2n) is 4.74. The molecule has 5 nitrogen and oxygen atoms in total. The molecule has 1 amide bonds. The van der Waals surface area contributed by atoms with Gasteiger partial charge in [0.1, 0.15) is 11.6 Å². The second kappa shape index (κ2) is 5.93. The zero-order valence-corrected chi connectivity index (χ0v) is 11.8. The van der Waals surface area contributed by atoms with Gasteiger partial charge in [-0.25, -0.2) is 4.39 Å². The SMILES string of the molecule is C[C@@H](Oc1ccc2c(c1)OCO2)C(=O)Nc1ccccc1F. The van der Waals surface area contributed by atoms with Crippen LogP contribution in [0, 0.1) is 5.82 Å². The lowest BCUT2D eigenvalue weighted by atomic mass is 10.2. The van der Waals surface area contributed by atoms with E-state index in [0.29, 0.717) is 17.2 Å². The second-order valence-corrected chi connectivity index (χ2v) is 4.74. The van der Waals surface area contributed by atoms with E-state index in [4.69, 9.17) is 14.2 Å². The molecule has 1 atom stereocenters. The molecule has 6 heteroatoms. The van der Waals surface area contributed by atoms with E-state index in [1.54, 1.807) is 37.3 Å². The number of anilines is 1. The van der Waals surface area contributed by atoms with Crippen LogP contribution in [0.25, 0.3) is 0 Å². The molecule has 0 unspecified atom stereocenters. The van der Waals surface area contributed by atoms with E-state index in [1.807, 2.05) is 0 Å². The Morgan fingerprint density at radius 2 is 2.00 bits per heavy atom. The summed E-state index contributed by atoms with van der Waals surface area (Å²) in [5.41, 5.74) is 0.119. The molecule has 0 aliphatic carbocycles. The molecule has 1 aliphatic heterocycles. The van der Waals surface area contributed by atoms with Crippen molar-refractivity contribution in [2.24, 2.45) is 0 Å². The number of benzene rings is 2. The molecule has 0 aromatic heterocycles. The minimum atomic E-state index is -0.792. The maximum atomic E-state index is 13.5. The molecule has 1 N–H and O–H groups in total. The van der Waals surface area contributed by atoms with Gasteiger partial charge >= 0.3 is 0 Å². The normalized spacial score (nSPS) is 13.5. The standard InChI is InChI=1S/C16H14FNO4/c1-10(16(19)18-13-5-3-2-4-12(13)17)22-11-6-7-14-15(8-11)21-9-20-14/h2-8,10H,9H2,1H3,(H,18,19)/t10-/m1/s1. The van der Waals surface area contributed by atoms with Crippen LogP contribution in [0.2, 0.25) is 0 Å². The summed E-state index contributed by atoms with van der Waals surface area (Å²) in [6.07, 6.45) is -0.792. The number of para-hydroxylation sites is 1. The third kappa shape index (κ3) is 2.95. The van der Waals surface area contributed by atoms with Gasteiger partial charge in [0.15, 0.2) is 17.6 Å². The zero-order chi connectivity index (χ0) is 15.5. The summed E-state index contributed by atoms with van der Waals surface area (Å²) in [5.74, 6) is 0.740. The fourth-order valence-electron chi connectivity index (χ4n) is 2.00. The number of carbonyl (C=O) groups excluding carboxylic acids is 1. The van der Waals surface area contributed by atoms with Crippen molar-refractivity contribution in [3.05, 3.63) is 48.3 Å². The molecular formula is C16H14FNO4. The Bertz CT molecular complexity index is 704. The van der Waals surface area contributed by atoms with E-state index in [0.717, 1.165) is 0 Å². The summed E-state index contributed by atoms with van der Waals surface area (Å²) >= 11 is 0. The summed E-state index contributed by atoms with van der Waals surface area (Å²) in [5, 5.41) is 2.49. The van der Waals surface area contributed by atoms with Gasteiger partial charge in [0.2, 0.25) is 6.79 Å². The van der Waals surface area contributed by atoms with Crippen LogP contribution in [0.4, 0.5) is 10.1 Å². The predicted octanol–water partition coefficient (Wildman–Crippen LogP) is 2.96. The first-order valence-corrected chi connectivity index (χ1v) is 6.75.